The maximum absolute atomic E-state index is 12.5. The number of nitrogens with two attached hydrogens (primary N) is 1. The third kappa shape index (κ3) is 6.44. The minimum absolute atomic E-state index is 0. The van der Waals surface area contributed by atoms with Crippen LogP contribution in [0, 0.1) is 0 Å². The number of nitrogens with zero attached hydrogens (tertiary/aromatic N) is 1. The van der Waals surface area contributed by atoms with Gasteiger partial charge in [0.25, 0.3) is 5.91 Å². The summed E-state index contributed by atoms with van der Waals surface area (Å²) in [6, 6.07) is 6.12. The van der Waals surface area contributed by atoms with Crippen LogP contribution in [0.4, 0.5) is 15.5 Å². The molecule has 1 aromatic heterocycles. The first-order chi connectivity index (χ1) is 14.7. The van der Waals surface area contributed by atoms with E-state index in [4.69, 9.17) is 22.1 Å². The Labute approximate surface area is 201 Å². The average Bonchev–Trinajstić information content (AvgIpc) is 3.06. The summed E-state index contributed by atoms with van der Waals surface area (Å²) in [5.74, 6) is -1.12. The minimum atomic E-state index is -0.649. The van der Waals surface area contributed by atoms with Crippen molar-refractivity contribution in [3.05, 3.63) is 45.3 Å². The highest BCUT2D eigenvalue weighted by molar-refractivity contribution is 7.18. The van der Waals surface area contributed by atoms with Gasteiger partial charge in [-0.15, -0.1) is 23.7 Å². The Kier molecular flexibility index (Phi) is 9.06. The molecule has 1 aliphatic rings. The number of fused-ring (bicyclic) bond motifs is 1. The van der Waals surface area contributed by atoms with Gasteiger partial charge in [-0.25, -0.2) is 4.79 Å². The fourth-order valence-electron chi connectivity index (χ4n) is 3.30. The zero-order chi connectivity index (χ0) is 22.5. The molecule has 0 saturated carbocycles. The summed E-state index contributed by atoms with van der Waals surface area (Å²) in [5.41, 5.74) is 7.17. The molecule has 8 nitrogen and oxygen atoms in total. The van der Waals surface area contributed by atoms with Crippen LogP contribution < -0.4 is 16.4 Å². The highest BCUT2D eigenvalue weighted by Crippen LogP contribution is 2.40. The number of urea groups is 1. The van der Waals surface area contributed by atoms with Gasteiger partial charge < -0.3 is 15.8 Å². The molecule has 4 N–H and O–H groups in total. The summed E-state index contributed by atoms with van der Waals surface area (Å²) in [4.78, 5) is 41.8. The van der Waals surface area contributed by atoms with Crippen molar-refractivity contribution in [1.82, 2.24) is 0 Å². The van der Waals surface area contributed by atoms with Crippen molar-refractivity contribution in [1.29, 1.82) is 0 Å². The summed E-state index contributed by atoms with van der Waals surface area (Å²) in [5, 5.41) is 6.28. The molecule has 0 bridgehead atoms. The first-order valence-electron chi connectivity index (χ1n) is 9.74. The van der Waals surface area contributed by atoms with E-state index >= 15 is 0 Å². The molecular weight excluding hydrogens is 475 g/mol. The van der Waals surface area contributed by atoms with E-state index in [-0.39, 0.29) is 42.4 Å². The summed E-state index contributed by atoms with van der Waals surface area (Å²) in [6.45, 7) is 4.01. The van der Waals surface area contributed by atoms with Crippen LogP contribution in [0.3, 0.4) is 0 Å². The lowest BCUT2D eigenvalue weighted by molar-refractivity contribution is -0.147. The van der Waals surface area contributed by atoms with Gasteiger partial charge >= 0.3 is 12.0 Å². The number of anilines is 2. The molecule has 2 heterocycles. The van der Waals surface area contributed by atoms with Crippen LogP contribution in [0.25, 0.3) is 0 Å². The van der Waals surface area contributed by atoms with Crippen molar-refractivity contribution in [3.8, 4) is 0 Å². The van der Waals surface area contributed by atoms with Crippen molar-refractivity contribution in [2.24, 2.45) is 10.7 Å². The second kappa shape index (κ2) is 11.3. The molecule has 1 atom stereocenters. The van der Waals surface area contributed by atoms with Crippen molar-refractivity contribution in [2.75, 3.05) is 17.2 Å². The molecule has 1 unspecified atom stereocenters. The van der Waals surface area contributed by atoms with Gasteiger partial charge in [0.1, 0.15) is 5.00 Å². The van der Waals surface area contributed by atoms with E-state index in [1.807, 2.05) is 0 Å². The fourth-order valence-corrected chi connectivity index (χ4v) is 4.61. The van der Waals surface area contributed by atoms with Gasteiger partial charge in [-0.05, 0) is 50.1 Å². The lowest BCUT2D eigenvalue weighted by Gasteiger charge is -2.19. The number of benzene rings is 1. The van der Waals surface area contributed by atoms with E-state index in [9.17, 15) is 14.4 Å². The van der Waals surface area contributed by atoms with E-state index in [0.29, 0.717) is 34.2 Å². The minimum Gasteiger partial charge on any atom is -0.463 e. The number of rotatable bonds is 7. The van der Waals surface area contributed by atoms with Gasteiger partial charge in [0.15, 0.2) is 0 Å². The molecule has 1 aliphatic heterocycles. The van der Waals surface area contributed by atoms with Crippen LogP contribution in [0.5, 0.6) is 0 Å². The van der Waals surface area contributed by atoms with E-state index < -0.39 is 11.9 Å². The summed E-state index contributed by atoms with van der Waals surface area (Å²) in [7, 11) is 0. The molecule has 0 aliphatic carbocycles. The highest BCUT2D eigenvalue weighted by Gasteiger charge is 2.30. The molecule has 3 amide bonds. The molecule has 0 saturated heterocycles. The second-order valence-electron chi connectivity index (χ2n) is 7.30. The molecule has 11 heteroatoms. The first-order valence-corrected chi connectivity index (χ1v) is 10.9. The molecule has 0 radical (unpaired) electrons. The van der Waals surface area contributed by atoms with Gasteiger partial charge in [-0.3, -0.25) is 19.9 Å². The normalized spacial score (nSPS) is 14.3. The van der Waals surface area contributed by atoms with Crippen LogP contribution in [0.15, 0.2) is 29.3 Å². The number of ether oxygens (including phenoxy) is 1. The average molecular weight is 499 g/mol. The Morgan fingerprint density at radius 3 is 2.56 bits per heavy atom. The number of hydrogen-bond donors (Lipinski definition) is 3. The van der Waals surface area contributed by atoms with Crippen molar-refractivity contribution >= 4 is 70.2 Å². The number of carbonyl (C=O) groups excluding carboxylic acids is 3. The second-order valence-corrected chi connectivity index (χ2v) is 8.79. The predicted octanol–water partition coefficient (Wildman–Crippen LogP) is 4.81. The van der Waals surface area contributed by atoms with E-state index in [1.165, 1.54) is 11.3 Å². The molecule has 3 rings (SSSR count). The van der Waals surface area contributed by atoms with Gasteiger partial charge in [0.05, 0.1) is 16.5 Å². The van der Waals surface area contributed by atoms with Crippen LogP contribution in [0.1, 0.15) is 53.4 Å². The van der Waals surface area contributed by atoms with E-state index in [1.54, 1.807) is 44.3 Å². The highest BCUT2D eigenvalue weighted by atomic mass is 35.5. The molecule has 172 valence electrons. The van der Waals surface area contributed by atoms with Gasteiger partial charge in [0.2, 0.25) is 0 Å². The number of halogens is 2. The largest absolute Gasteiger partial charge is 0.463 e. The van der Waals surface area contributed by atoms with Crippen molar-refractivity contribution in [2.45, 2.75) is 38.7 Å². The van der Waals surface area contributed by atoms with Crippen LogP contribution in [-0.2, 0) is 9.53 Å². The maximum Gasteiger partial charge on any atom is 0.324 e. The zero-order valence-corrected chi connectivity index (χ0v) is 19.9. The Morgan fingerprint density at radius 2 is 1.94 bits per heavy atom. The summed E-state index contributed by atoms with van der Waals surface area (Å²) < 4.78 is 5.19. The molecule has 1 aromatic carbocycles. The molecule has 2 aromatic rings. The number of aliphatic imine (C=N–C) groups is 1. The monoisotopic (exact) mass is 498 g/mol. The third-order valence-electron chi connectivity index (χ3n) is 4.56. The number of amides is 3. The summed E-state index contributed by atoms with van der Waals surface area (Å²) >= 11 is 7.08. The Balaban J connectivity index is 0.00000363. The topological polar surface area (TPSA) is 123 Å². The van der Waals surface area contributed by atoms with Gasteiger partial charge in [-0.2, -0.15) is 0 Å². The SMILES string of the molecule is CC(C)OC(=O)CCC1CN=Cc2sc(NC(=O)Nc3ccc(Cl)cc3)c(C(N)=O)c21.Cl. The fraction of sp³-hybridized carbons (Fsp3) is 0.333. The number of esters is 1. The van der Waals surface area contributed by atoms with Gasteiger partial charge in [0, 0.05) is 35.8 Å². The molecular formula is C21H24Cl2N4O4S. The number of primary amides is 1. The number of nitrogens with one attached hydrogen (secondary N) is 2. The lowest BCUT2D eigenvalue weighted by Crippen LogP contribution is -2.23. The zero-order valence-electron chi connectivity index (χ0n) is 17.5. The predicted molar refractivity (Wildman–Crippen MR) is 130 cm³/mol. The Morgan fingerprint density at radius 1 is 1.25 bits per heavy atom. The van der Waals surface area contributed by atoms with E-state index in [2.05, 4.69) is 15.6 Å². The Hall–Kier alpha value is -2.62. The smallest absolute Gasteiger partial charge is 0.324 e. The van der Waals surface area contributed by atoms with E-state index in [0.717, 1.165) is 4.88 Å². The third-order valence-corrected chi connectivity index (χ3v) is 5.86. The van der Waals surface area contributed by atoms with Crippen molar-refractivity contribution in [3.63, 3.8) is 0 Å². The maximum atomic E-state index is 12.5. The number of thiophene rings is 1. The van der Waals surface area contributed by atoms with Gasteiger partial charge in [-0.1, -0.05) is 11.6 Å². The molecule has 0 fully saturated rings. The molecule has 0 spiro atoms. The summed E-state index contributed by atoms with van der Waals surface area (Å²) in [6.07, 6.45) is 2.14. The molecule has 32 heavy (non-hydrogen) atoms. The van der Waals surface area contributed by atoms with Crippen LogP contribution >= 0.6 is 35.3 Å². The first kappa shape index (κ1) is 25.6. The van der Waals surface area contributed by atoms with Crippen LogP contribution in [0.2, 0.25) is 5.02 Å². The quantitative estimate of drug-likeness (QED) is 0.473. The number of hydrogen-bond acceptors (Lipinski definition) is 6. The van der Waals surface area contributed by atoms with Crippen molar-refractivity contribution < 1.29 is 19.1 Å². The number of carbonyl (C=O) groups is 3. The van der Waals surface area contributed by atoms with Crippen LogP contribution in [-0.4, -0.2) is 36.8 Å². The Bertz CT molecular complexity index is 1020. The standard InChI is InChI=1S/C21H23ClN4O4S.ClH/c1-11(2)30-16(27)8-3-12-9-24-10-15-17(12)18(19(23)28)20(31-15)26-21(29)25-14-6-4-13(22)5-7-14;/h4-7,10-12H,3,8-9H2,1-2H3,(H2,23,28)(H2,25,26,29);1H. The lowest BCUT2D eigenvalue weighted by atomic mass is 9.89.